The van der Waals surface area contributed by atoms with Crippen LogP contribution in [0.5, 0.6) is 0 Å². The monoisotopic (exact) mass is 277 g/mol. The van der Waals surface area contributed by atoms with Crippen molar-refractivity contribution in [2.24, 2.45) is 5.92 Å². The Hall–Kier alpha value is 0.1000. The number of halogens is 2. The van der Waals surface area contributed by atoms with Gasteiger partial charge in [-0.1, -0.05) is 11.6 Å². The summed E-state index contributed by atoms with van der Waals surface area (Å²) in [6.45, 7) is 4.22. The summed E-state index contributed by atoms with van der Waals surface area (Å²) < 4.78 is 8.44. The van der Waals surface area contributed by atoms with E-state index in [0.717, 1.165) is 31.6 Å². The minimum absolute atomic E-state index is 0.0653. The Morgan fingerprint density at radius 2 is 2.25 bits per heavy atom. The van der Waals surface area contributed by atoms with Crippen LogP contribution >= 0.6 is 34.9 Å². The molecule has 4 atom stereocenters. The number of piperidine rings is 1. The van der Waals surface area contributed by atoms with Crippen molar-refractivity contribution in [2.45, 2.75) is 30.7 Å². The van der Waals surface area contributed by atoms with E-state index in [1.54, 1.807) is 0 Å². The van der Waals surface area contributed by atoms with E-state index in [9.17, 15) is 0 Å². The maximum absolute atomic E-state index is 6.33. The second-order valence-corrected chi connectivity index (χ2v) is 6.34. The highest BCUT2D eigenvalue weighted by molar-refractivity contribution is 6.99. The molecule has 2 bridgehead atoms. The van der Waals surface area contributed by atoms with Crippen molar-refractivity contribution in [2.75, 3.05) is 13.1 Å². The largest absolute Gasteiger partial charge is 0.290 e. The number of alkyl halides is 1. The molecule has 0 radical (unpaired) electrons. The second kappa shape index (κ2) is 3.80. The quantitative estimate of drug-likeness (QED) is 0.740. The standard InChI is InChI=1S/C10H13Cl2N3S/c1-10(8-9(12)14-16-13-8)3-2-6-4-15(10)5-7(6)11/h6-7H,2-5H2,1H3. The highest BCUT2D eigenvalue weighted by Gasteiger charge is 2.48. The van der Waals surface area contributed by atoms with Gasteiger partial charge in [-0.2, -0.15) is 8.75 Å². The Morgan fingerprint density at radius 1 is 1.44 bits per heavy atom. The van der Waals surface area contributed by atoms with Crippen molar-refractivity contribution < 1.29 is 0 Å². The first-order valence-electron chi connectivity index (χ1n) is 5.49. The predicted octanol–water partition coefficient (Wildman–Crippen LogP) is 2.74. The Morgan fingerprint density at radius 3 is 2.94 bits per heavy atom. The number of rotatable bonds is 1. The molecule has 0 saturated carbocycles. The van der Waals surface area contributed by atoms with E-state index >= 15 is 0 Å². The third kappa shape index (κ3) is 1.50. The molecular formula is C10H13Cl2N3S. The van der Waals surface area contributed by atoms with E-state index in [1.165, 1.54) is 11.7 Å². The van der Waals surface area contributed by atoms with Crippen molar-refractivity contribution >= 4 is 34.9 Å². The molecule has 2 aliphatic rings. The van der Waals surface area contributed by atoms with Crippen LogP contribution in [0.1, 0.15) is 25.5 Å². The minimum atomic E-state index is -0.0653. The fourth-order valence-corrected chi connectivity index (χ4v) is 4.22. The fraction of sp³-hybridized carbons (Fsp3) is 0.800. The molecule has 4 unspecified atom stereocenters. The van der Waals surface area contributed by atoms with Crippen LogP contribution in [0, 0.1) is 5.92 Å². The van der Waals surface area contributed by atoms with Gasteiger partial charge in [-0.3, -0.25) is 4.90 Å². The van der Waals surface area contributed by atoms with Crippen molar-refractivity contribution in [1.82, 2.24) is 13.6 Å². The lowest BCUT2D eigenvalue weighted by atomic mass is 9.84. The molecule has 2 saturated heterocycles. The average Bonchev–Trinajstić information content (AvgIpc) is 2.80. The average molecular weight is 278 g/mol. The SMILES string of the molecule is CC1(c2nsnc2Cl)CCC2CN1CC2Cl. The highest BCUT2D eigenvalue weighted by Crippen LogP contribution is 2.46. The summed E-state index contributed by atoms with van der Waals surface area (Å²) >= 11 is 13.6. The van der Waals surface area contributed by atoms with Crippen molar-refractivity contribution in [3.63, 3.8) is 0 Å². The molecule has 0 aromatic carbocycles. The van der Waals surface area contributed by atoms with Crippen LogP contribution in [0.25, 0.3) is 0 Å². The van der Waals surface area contributed by atoms with Gasteiger partial charge in [-0.05, 0) is 25.7 Å². The van der Waals surface area contributed by atoms with Crippen molar-refractivity contribution in [3.05, 3.63) is 10.8 Å². The lowest BCUT2D eigenvalue weighted by Gasteiger charge is -2.41. The molecule has 2 aliphatic heterocycles. The second-order valence-electron chi connectivity index (χ2n) is 4.90. The number of hydrogen-bond donors (Lipinski definition) is 0. The molecule has 0 spiro atoms. The normalized spacial score (nSPS) is 42.6. The number of fused-ring (bicyclic) bond motifs is 2. The smallest absolute Gasteiger partial charge is 0.168 e. The molecular weight excluding hydrogens is 265 g/mol. The Balaban J connectivity index is 1.97. The van der Waals surface area contributed by atoms with Crippen LogP contribution in [-0.2, 0) is 5.54 Å². The van der Waals surface area contributed by atoms with Gasteiger partial charge >= 0.3 is 0 Å². The summed E-state index contributed by atoms with van der Waals surface area (Å²) in [4.78, 5) is 2.42. The molecule has 0 N–H and O–H groups in total. The molecule has 3 nitrogen and oxygen atoms in total. The zero-order chi connectivity index (χ0) is 11.3. The summed E-state index contributed by atoms with van der Waals surface area (Å²) in [7, 11) is 0. The molecule has 6 heteroatoms. The lowest BCUT2D eigenvalue weighted by Crippen LogP contribution is -2.45. The summed E-state index contributed by atoms with van der Waals surface area (Å²) in [5, 5.41) is 0.844. The highest BCUT2D eigenvalue weighted by atomic mass is 35.5. The van der Waals surface area contributed by atoms with Gasteiger partial charge in [0.25, 0.3) is 0 Å². The third-order valence-corrected chi connectivity index (χ3v) is 5.41. The van der Waals surface area contributed by atoms with Gasteiger partial charge in [-0.25, -0.2) is 0 Å². The molecule has 3 heterocycles. The van der Waals surface area contributed by atoms with Crippen LogP contribution in [0.2, 0.25) is 5.15 Å². The summed E-state index contributed by atoms with van der Waals surface area (Å²) in [5.74, 6) is 0.639. The Bertz CT molecular complexity index is 409. The van der Waals surface area contributed by atoms with Crippen LogP contribution in [0.4, 0.5) is 0 Å². The number of aromatic nitrogens is 2. The first-order chi connectivity index (χ1) is 7.61. The van der Waals surface area contributed by atoms with Gasteiger partial charge in [-0.15, -0.1) is 11.6 Å². The maximum atomic E-state index is 6.33. The molecule has 0 amide bonds. The van der Waals surface area contributed by atoms with Gasteiger partial charge in [0.1, 0.15) is 5.69 Å². The zero-order valence-electron chi connectivity index (χ0n) is 8.99. The lowest BCUT2D eigenvalue weighted by molar-refractivity contribution is 0.0821. The van der Waals surface area contributed by atoms with E-state index in [-0.39, 0.29) is 10.9 Å². The summed E-state index contributed by atoms with van der Waals surface area (Å²) in [6, 6.07) is 0. The van der Waals surface area contributed by atoms with Crippen molar-refractivity contribution in [1.29, 1.82) is 0 Å². The summed E-state index contributed by atoms with van der Waals surface area (Å²) in [5.41, 5.74) is 0.868. The minimum Gasteiger partial charge on any atom is -0.290 e. The molecule has 2 fully saturated rings. The topological polar surface area (TPSA) is 29.0 Å². The maximum Gasteiger partial charge on any atom is 0.168 e. The molecule has 1 aromatic rings. The Kier molecular flexibility index (Phi) is 2.66. The van der Waals surface area contributed by atoms with E-state index in [2.05, 4.69) is 20.6 Å². The molecule has 88 valence electrons. The van der Waals surface area contributed by atoms with Crippen molar-refractivity contribution in [3.8, 4) is 0 Å². The molecule has 16 heavy (non-hydrogen) atoms. The van der Waals surface area contributed by atoms with Crippen LogP contribution in [0.15, 0.2) is 0 Å². The number of nitrogens with zero attached hydrogens (tertiary/aromatic N) is 3. The van der Waals surface area contributed by atoms with Crippen LogP contribution in [-0.4, -0.2) is 32.1 Å². The van der Waals surface area contributed by atoms with Gasteiger partial charge in [0.15, 0.2) is 5.15 Å². The first-order valence-corrected chi connectivity index (χ1v) is 7.03. The van der Waals surface area contributed by atoms with Gasteiger partial charge in [0.2, 0.25) is 0 Å². The molecule has 0 aliphatic carbocycles. The fourth-order valence-electron chi connectivity index (χ4n) is 2.90. The first kappa shape index (κ1) is 11.2. The predicted molar refractivity (Wildman–Crippen MR) is 66.2 cm³/mol. The van der Waals surface area contributed by atoms with Gasteiger partial charge < -0.3 is 0 Å². The van der Waals surface area contributed by atoms with E-state index in [0.29, 0.717) is 11.1 Å². The number of hydrogen-bond acceptors (Lipinski definition) is 4. The zero-order valence-corrected chi connectivity index (χ0v) is 11.3. The van der Waals surface area contributed by atoms with E-state index < -0.39 is 0 Å². The third-order valence-electron chi connectivity index (χ3n) is 4.02. The summed E-state index contributed by atoms with van der Waals surface area (Å²) in [6.07, 6.45) is 2.24. The molecule has 1 aromatic heterocycles. The van der Waals surface area contributed by atoms with E-state index in [1.807, 2.05) is 0 Å². The van der Waals surface area contributed by atoms with Gasteiger partial charge in [0.05, 0.1) is 22.6 Å². The van der Waals surface area contributed by atoms with Crippen LogP contribution in [0.3, 0.4) is 0 Å². The molecule has 3 rings (SSSR count). The van der Waals surface area contributed by atoms with E-state index in [4.69, 9.17) is 23.2 Å². The van der Waals surface area contributed by atoms with Gasteiger partial charge in [0, 0.05) is 13.1 Å². The Labute approximate surface area is 109 Å². The van der Waals surface area contributed by atoms with Crippen LogP contribution < -0.4 is 0 Å².